The molecule has 1 saturated carbocycles. The number of hydrogen-bond acceptors (Lipinski definition) is 7. The van der Waals surface area contributed by atoms with Crippen LogP contribution in [0.3, 0.4) is 0 Å². The molecule has 12 heteroatoms. The van der Waals surface area contributed by atoms with E-state index in [1.165, 1.54) is 20.0 Å². The van der Waals surface area contributed by atoms with E-state index in [1.807, 2.05) is 11.8 Å². The third-order valence-corrected chi connectivity index (χ3v) is 7.75. The number of amides is 1. The largest absolute Gasteiger partial charge is 0.417 e. The number of likely N-dealkylation sites (tertiary alicyclic amines) is 1. The number of hydrogen-bond donors (Lipinski definition) is 3. The van der Waals surface area contributed by atoms with E-state index in [0.717, 1.165) is 30.2 Å². The molecule has 2 aromatic rings. The molecule has 204 valence electrons. The van der Waals surface area contributed by atoms with Crippen LogP contribution in [-0.4, -0.2) is 63.3 Å². The van der Waals surface area contributed by atoms with Crippen LogP contribution < -0.4 is 10.6 Å². The topological polar surface area (TPSA) is 90.4 Å². The Labute approximate surface area is 217 Å². The Balaban J connectivity index is 1.69. The van der Waals surface area contributed by atoms with Crippen LogP contribution in [0.2, 0.25) is 0 Å². The van der Waals surface area contributed by atoms with Crippen molar-refractivity contribution in [3.05, 3.63) is 28.5 Å². The summed E-state index contributed by atoms with van der Waals surface area (Å²) in [5, 5.41) is 15.6. The van der Waals surface area contributed by atoms with Gasteiger partial charge in [-0.25, -0.2) is 14.4 Å². The Hall–Kier alpha value is -2.31. The van der Waals surface area contributed by atoms with Gasteiger partial charge in [0.1, 0.15) is 12.0 Å². The summed E-state index contributed by atoms with van der Waals surface area (Å²) in [5.74, 6) is -0.00259. The van der Waals surface area contributed by atoms with Gasteiger partial charge in [-0.1, -0.05) is 0 Å². The highest BCUT2D eigenvalue weighted by molar-refractivity contribution is 7.17. The van der Waals surface area contributed by atoms with Gasteiger partial charge < -0.3 is 15.7 Å². The van der Waals surface area contributed by atoms with Crippen molar-refractivity contribution in [2.75, 3.05) is 25.0 Å². The van der Waals surface area contributed by atoms with Gasteiger partial charge >= 0.3 is 6.18 Å². The molecule has 2 aromatic heterocycles. The van der Waals surface area contributed by atoms with Crippen molar-refractivity contribution in [2.45, 2.75) is 77.0 Å². The highest BCUT2D eigenvalue weighted by Gasteiger charge is 2.37. The van der Waals surface area contributed by atoms with Gasteiger partial charge in [0.05, 0.1) is 21.7 Å². The summed E-state index contributed by atoms with van der Waals surface area (Å²) in [6.07, 6.45) is -1.60. The van der Waals surface area contributed by atoms with Crippen molar-refractivity contribution in [3.63, 3.8) is 0 Å². The number of rotatable bonds is 9. The molecule has 1 atom stereocenters. The van der Waals surface area contributed by atoms with Gasteiger partial charge in [0.25, 0.3) is 5.91 Å². The standard InChI is InChI=1S/C25H33F4N5O2S/c1-14(15-4-5-15)32-20-10-18(25(27,28)29)17(11-30-20)21-19(12-34-8-6-16(26)7-9-34)33-23(37-21)22(35)31-13-24(2,3)36/h10-11,14-16,36H,4-9,12-13H2,1-3H3,(H,30,32)(H,31,35)/t14-/m0/s1. The number of nitrogens with one attached hydrogen (secondary N) is 2. The maximum absolute atomic E-state index is 14.2. The number of thiazole rings is 1. The molecule has 4 rings (SSSR count). The number of piperidine rings is 1. The van der Waals surface area contributed by atoms with Crippen molar-refractivity contribution in [2.24, 2.45) is 5.92 Å². The monoisotopic (exact) mass is 543 g/mol. The Morgan fingerprint density at radius 1 is 1.24 bits per heavy atom. The minimum Gasteiger partial charge on any atom is -0.389 e. The van der Waals surface area contributed by atoms with Crippen molar-refractivity contribution in [1.29, 1.82) is 0 Å². The zero-order chi connectivity index (χ0) is 27.0. The molecule has 1 aliphatic heterocycles. The third-order valence-electron chi connectivity index (χ3n) is 6.62. The second-order valence-corrected chi connectivity index (χ2v) is 11.6. The molecule has 0 aromatic carbocycles. The van der Waals surface area contributed by atoms with Gasteiger partial charge in [-0.2, -0.15) is 13.2 Å². The van der Waals surface area contributed by atoms with Gasteiger partial charge in [-0.15, -0.1) is 11.3 Å². The second kappa shape index (κ2) is 10.8. The first kappa shape index (κ1) is 27.7. The van der Waals surface area contributed by atoms with Crippen LogP contribution >= 0.6 is 11.3 Å². The van der Waals surface area contributed by atoms with E-state index < -0.39 is 29.4 Å². The zero-order valence-corrected chi connectivity index (χ0v) is 22.0. The van der Waals surface area contributed by atoms with Crippen molar-refractivity contribution >= 4 is 23.1 Å². The fourth-order valence-corrected chi connectivity index (χ4v) is 5.32. The molecule has 1 saturated heterocycles. The molecular weight excluding hydrogens is 510 g/mol. The smallest absolute Gasteiger partial charge is 0.389 e. The number of alkyl halides is 4. The first-order valence-corrected chi connectivity index (χ1v) is 13.3. The molecule has 2 aliphatic rings. The molecule has 1 amide bonds. The van der Waals surface area contributed by atoms with E-state index >= 15 is 0 Å². The van der Waals surface area contributed by atoms with E-state index in [4.69, 9.17) is 0 Å². The SMILES string of the molecule is C[C@H](Nc1cc(C(F)(F)F)c(-c2sc(C(=O)NCC(C)(C)O)nc2CN2CCC(F)CC2)cn1)C1CC1. The first-order chi connectivity index (χ1) is 17.3. The molecular formula is C25H33F4N5O2S. The lowest BCUT2D eigenvalue weighted by Crippen LogP contribution is -2.38. The lowest BCUT2D eigenvalue weighted by Gasteiger charge is -2.28. The molecule has 3 N–H and O–H groups in total. The molecule has 0 unspecified atom stereocenters. The summed E-state index contributed by atoms with van der Waals surface area (Å²) in [4.78, 5) is 23.6. The van der Waals surface area contributed by atoms with Crippen LogP contribution in [0.4, 0.5) is 23.4 Å². The van der Waals surface area contributed by atoms with E-state index in [9.17, 15) is 27.5 Å². The van der Waals surface area contributed by atoms with Crippen molar-refractivity contribution < 1.29 is 27.5 Å². The van der Waals surface area contributed by atoms with Crippen LogP contribution in [0.15, 0.2) is 12.3 Å². The number of anilines is 1. The molecule has 37 heavy (non-hydrogen) atoms. The summed E-state index contributed by atoms with van der Waals surface area (Å²) in [7, 11) is 0. The van der Waals surface area contributed by atoms with Crippen LogP contribution in [-0.2, 0) is 12.7 Å². The predicted octanol–water partition coefficient (Wildman–Crippen LogP) is 4.87. The summed E-state index contributed by atoms with van der Waals surface area (Å²) in [6.45, 7) is 6.03. The average Bonchev–Trinajstić information content (AvgIpc) is 3.59. The number of carbonyl (C=O) groups is 1. The summed E-state index contributed by atoms with van der Waals surface area (Å²) >= 11 is 0.859. The summed E-state index contributed by atoms with van der Waals surface area (Å²) in [5.41, 5.74) is -1.85. The van der Waals surface area contributed by atoms with E-state index in [1.54, 1.807) is 0 Å². The van der Waals surface area contributed by atoms with Gasteiger partial charge in [0.15, 0.2) is 5.01 Å². The van der Waals surface area contributed by atoms with Crippen LogP contribution in [0.1, 0.15) is 67.5 Å². The van der Waals surface area contributed by atoms with Crippen LogP contribution in [0, 0.1) is 5.92 Å². The maximum Gasteiger partial charge on any atom is 0.417 e. The number of aliphatic hydroxyl groups is 1. The molecule has 1 aliphatic carbocycles. The Morgan fingerprint density at radius 2 is 1.92 bits per heavy atom. The Bertz CT molecular complexity index is 1110. The highest BCUT2D eigenvalue weighted by Crippen LogP contribution is 2.42. The summed E-state index contributed by atoms with van der Waals surface area (Å²) in [6, 6.07) is 1.03. The number of carbonyl (C=O) groups excluding carboxylic acids is 1. The van der Waals surface area contributed by atoms with Gasteiger partial charge in [0.2, 0.25) is 0 Å². The van der Waals surface area contributed by atoms with Gasteiger partial charge in [-0.3, -0.25) is 9.69 Å². The summed E-state index contributed by atoms with van der Waals surface area (Å²) < 4.78 is 56.4. The molecule has 0 bridgehead atoms. The fourth-order valence-electron chi connectivity index (χ4n) is 4.31. The third kappa shape index (κ3) is 7.38. The second-order valence-electron chi connectivity index (χ2n) is 10.6. The zero-order valence-electron chi connectivity index (χ0n) is 21.2. The minimum absolute atomic E-state index is 0.00712. The predicted molar refractivity (Wildman–Crippen MR) is 134 cm³/mol. The normalized spacial score (nSPS) is 18.6. The van der Waals surface area contributed by atoms with Gasteiger partial charge in [0, 0.05) is 44.0 Å². The molecule has 0 spiro atoms. The molecule has 2 fully saturated rings. The molecule has 0 radical (unpaired) electrons. The van der Waals surface area contributed by atoms with E-state index in [-0.39, 0.29) is 40.4 Å². The molecule has 3 heterocycles. The fraction of sp³-hybridized carbons (Fsp3) is 0.640. The quantitative estimate of drug-likeness (QED) is 0.391. The maximum atomic E-state index is 14.2. The number of halogens is 4. The van der Waals surface area contributed by atoms with Crippen molar-refractivity contribution in [3.8, 4) is 10.4 Å². The van der Waals surface area contributed by atoms with Crippen molar-refractivity contribution in [1.82, 2.24) is 20.2 Å². The minimum atomic E-state index is -4.66. The molecule has 7 nitrogen and oxygen atoms in total. The number of nitrogens with zero attached hydrogens (tertiary/aromatic N) is 3. The lowest BCUT2D eigenvalue weighted by atomic mass is 10.1. The average molecular weight is 544 g/mol. The van der Waals surface area contributed by atoms with Crippen LogP contribution in [0.25, 0.3) is 10.4 Å². The van der Waals surface area contributed by atoms with Gasteiger partial charge in [-0.05, 0) is 58.4 Å². The first-order valence-electron chi connectivity index (χ1n) is 12.5. The Morgan fingerprint density at radius 3 is 2.51 bits per heavy atom. The number of aromatic nitrogens is 2. The van der Waals surface area contributed by atoms with E-state index in [0.29, 0.717) is 37.5 Å². The van der Waals surface area contributed by atoms with E-state index in [2.05, 4.69) is 20.6 Å². The number of pyridine rings is 1. The Kier molecular flexibility index (Phi) is 8.10. The lowest BCUT2D eigenvalue weighted by molar-refractivity contribution is -0.137. The highest BCUT2D eigenvalue weighted by atomic mass is 32.1. The van der Waals surface area contributed by atoms with Crippen LogP contribution in [0.5, 0.6) is 0 Å².